The zero-order chi connectivity index (χ0) is 14.9. The Hall–Kier alpha value is -1.25. The number of aliphatic hydroxyl groups is 1. The molecule has 0 spiro atoms. The lowest BCUT2D eigenvalue weighted by Gasteiger charge is -2.28. The van der Waals surface area contributed by atoms with Crippen LogP contribution in [0.15, 0.2) is 17.0 Å². The molecule has 5 nitrogen and oxygen atoms in total. The van der Waals surface area contributed by atoms with E-state index >= 15 is 0 Å². The van der Waals surface area contributed by atoms with Crippen molar-refractivity contribution >= 4 is 15.7 Å². The van der Waals surface area contributed by atoms with Crippen LogP contribution in [0.2, 0.25) is 0 Å². The zero-order valence-electron chi connectivity index (χ0n) is 10.6. The average molecular weight is 306 g/mol. The second kappa shape index (κ2) is 5.63. The molecule has 0 amide bonds. The highest BCUT2D eigenvalue weighted by Crippen LogP contribution is 2.24. The second-order valence-corrected chi connectivity index (χ2v) is 6.58. The standard InChI is InChI=1S/C12H16F2N2O3S/c13-8-5-7(15)6-11(12(8)14)20(18,19)16-9-3-1-2-4-10(9)17/h5-6,9-10,16-17H,1-4,15H2/t9-,10-/m0/s1. The lowest BCUT2D eigenvalue weighted by Crippen LogP contribution is -2.45. The molecular formula is C12H16F2N2O3S. The third kappa shape index (κ3) is 3.08. The summed E-state index contributed by atoms with van der Waals surface area (Å²) in [5.74, 6) is -2.80. The van der Waals surface area contributed by atoms with Gasteiger partial charge in [-0.3, -0.25) is 0 Å². The van der Waals surface area contributed by atoms with E-state index in [1.54, 1.807) is 0 Å². The number of nitrogens with two attached hydrogens (primary N) is 1. The SMILES string of the molecule is Nc1cc(F)c(F)c(S(=O)(=O)N[C@H]2CCCC[C@@H]2O)c1. The summed E-state index contributed by atoms with van der Waals surface area (Å²) in [6, 6.07) is 0.873. The smallest absolute Gasteiger partial charge is 0.244 e. The number of nitrogens with one attached hydrogen (secondary N) is 1. The molecule has 1 aliphatic rings. The fourth-order valence-electron chi connectivity index (χ4n) is 2.29. The molecule has 1 fully saturated rings. The molecular weight excluding hydrogens is 290 g/mol. The van der Waals surface area contributed by atoms with Gasteiger partial charge in [-0.25, -0.2) is 21.9 Å². The van der Waals surface area contributed by atoms with E-state index in [0.717, 1.165) is 18.9 Å². The molecule has 0 heterocycles. The van der Waals surface area contributed by atoms with E-state index in [1.165, 1.54) is 0 Å². The van der Waals surface area contributed by atoms with Crippen molar-refractivity contribution in [1.29, 1.82) is 0 Å². The Morgan fingerprint density at radius 1 is 1.25 bits per heavy atom. The first kappa shape index (κ1) is 15.1. The van der Waals surface area contributed by atoms with Crippen molar-refractivity contribution < 1.29 is 22.3 Å². The van der Waals surface area contributed by atoms with Gasteiger partial charge in [-0.15, -0.1) is 0 Å². The lowest BCUT2D eigenvalue weighted by molar-refractivity contribution is 0.101. The minimum absolute atomic E-state index is 0.187. The van der Waals surface area contributed by atoms with Crippen molar-refractivity contribution in [1.82, 2.24) is 4.72 Å². The summed E-state index contributed by atoms with van der Waals surface area (Å²) in [5, 5.41) is 9.74. The monoisotopic (exact) mass is 306 g/mol. The number of sulfonamides is 1. The van der Waals surface area contributed by atoms with Crippen molar-refractivity contribution in [3.8, 4) is 0 Å². The zero-order valence-corrected chi connectivity index (χ0v) is 11.5. The van der Waals surface area contributed by atoms with E-state index in [9.17, 15) is 22.3 Å². The molecule has 1 aromatic carbocycles. The van der Waals surface area contributed by atoms with Gasteiger partial charge in [0, 0.05) is 11.7 Å². The van der Waals surface area contributed by atoms with Crippen LogP contribution < -0.4 is 10.5 Å². The summed E-state index contributed by atoms with van der Waals surface area (Å²) in [7, 11) is -4.27. The van der Waals surface area contributed by atoms with Crippen LogP contribution >= 0.6 is 0 Å². The van der Waals surface area contributed by atoms with Crippen molar-refractivity contribution in [3.63, 3.8) is 0 Å². The Labute approximate surface area is 115 Å². The summed E-state index contributed by atoms with van der Waals surface area (Å²) in [6.07, 6.45) is 1.67. The Morgan fingerprint density at radius 3 is 2.55 bits per heavy atom. The number of halogens is 2. The van der Waals surface area contributed by atoms with Crippen LogP contribution in [-0.2, 0) is 10.0 Å². The van der Waals surface area contributed by atoms with E-state index in [1.807, 2.05) is 0 Å². The third-order valence-corrected chi connectivity index (χ3v) is 4.83. The molecule has 2 rings (SSSR count). The largest absolute Gasteiger partial charge is 0.399 e. The number of rotatable bonds is 3. The van der Waals surface area contributed by atoms with Crippen LogP contribution in [0.4, 0.5) is 14.5 Å². The Morgan fingerprint density at radius 2 is 1.90 bits per heavy atom. The molecule has 1 aliphatic carbocycles. The molecule has 0 bridgehead atoms. The van der Waals surface area contributed by atoms with Crippen LogP contribution in [0.5, 0.6) is 0 Å². The molecule has 112 valence electrons. The molecule has 8 heteroatoms. The van der Waals surface area contributed by atoms with Gasteiger partial charge < -0.3 is 10.8 Å². The van der Waals surface area contributed by atoms with E-state index in [-0.39, 0.29) is 5.69 Å². The van der Waals surface area contributed by atoms with Crippen molar-refractivity contribution in [2.45, 2.75) is 42.7 Å². The topological polar surface area (TPSA) is 92.4 Å². The Balaban J connectivity index is 2.31. The molecule has 1 saturated carbocycles. The van der Waals surface area contributed by atoms with Gasteiger partial charge in [0.05, 0.1) is 6.10 Å². The van der Waals surface area contributed by atoms with Gasteiger partial charge in [0.1, 0.15) is 4.90 Å². The first-order chi connectivity index (χ1) is 9.31. The number of hydrogen-bond acceptors (Lipinski definition) is 4. The first-order valence-corrected chi connectivity index (χ1v) is 7.74. The second-order valence-electron chi connectivity index (χ2n) is 4.89. The van der Waals surface area contributed by atoms with Crippen molar-refractivity contribution in [3.05, 3.63) is 23.8 Å². The molecule has 0 radical (unpaired) electrons. The van der Waals surface area contributed by atoms with E-state index in [2.05, 4.69) is 4.72 Å². The number of anilines is 1. The van der Waals surface area contributed by atoms with Crippen LogP contribution in [0.3, 0.4) is 0 Å². The van der Waals surface area contributed by atoms with Gasteiger partial charge >= 0.3 is 0 Å². The highest BCUT2D eigenvalue weighted by atomic mass is 32.2. The minimum atomic E-state index is -4.27. The summed E-state index contributed by atoms with van der Waals surface area (Å²) in [5.41, 5.74) is 5.15. The van der Waals surface area contributed by atoms with Crippen LogP contribution in [0, 0.1) is 11.6 Å². The number of benzene rings is 1. The molecule has 0 aliphatic heterocycles. The molecule has 20 heavy (non-hydrogen) atoms. The van der Waals surface area contributed by atoms with Gasteiger partial charge in [0.25, 0.3) is 0 Å². The minimum Gasteiger partial charge on any atom is -0.399 e. The van der Waals surface area contributed by atoms with Crippen molar-refractivity contribution in [2.24, 2.45) is 0 Å². The molecule has 0 aromatic heterocycles. The molecule has 0 unspecified atom stereocenters. The first-order valence-electron chi connectivity index (χ1n) is 6.26. The summed E-state index contributed by atoms with van der Waals surface area (Å²) in [4.78, 5) is -0.840. The molecule has 2 atom stereocenters. The predicted octanol–water partition coefficient (Wildman–Crippen LogP) is 1.13. The van der Waals surface area contributed by atoms with Crippen LogP contribution in [0.25, 0.3) is 0 Å². The normalized spacial score (nSPS) is 23.8. The summed E-state index contributed by atoms with van der Waals surface area (Å²) < 4.78 is 53.2. The van der Waals surface area contributed by atoms with Gasteiger partial charge in [0.2, 0.25) is 10.0 Å². The van der Waals surface area contributed by atoms with Crippen LogP contribution in [-0.4, -0.2) is 25.7 Å². The molecule has 0 saturated heterocycles. The quantitative estimate of drug-likeness (QED) is 0.730. The van der Waals surface area contributed by atoms with Crippen LogP contribution in [0.1, 0.15) is 25.7 Å². The van der Waals surface area contributed by atoms with E-state index in [0.29, 0.717) is 18.9 Å². The fraction of sp³-hybridized carbons (Fsp3) is 0.500. The van der Waals surface area contributed by atoms with E-state index in [4.69, 9.17) is 5.73 Å². The Kier molecular flexibility index (Phi) is 4.26. The number of nitrogen functional groups attached to an aromatic ring is 1. The van der Waals surface area contributed by atoms with Gasteiger partial charge in [-0.2, -0.15) is 0 Å². The lowest BCUT2D eigenvalue weighted by atomic mass is 9.93. The van der Waals surface area contributed by atoms with Gasteiger partial charge in [-0.05, 0) is 25.0 Å². The maximum absolute atomic E-state index is 13.6. The number of aliphatic hydroxyl groups excluding tert-OH is 1. The van der Waals surface area contributed by atoms with Crippen molar-refractivity contribution in [2.75, 3.05) is 5.73 Å². The maximum atomic E-state index is 13.6. The van der Waals surface area contributed by atoms with Gasteiger partial charge in [-0.1, -0.05) is 12.8 Å². The molecule has 1 aromatic rings. The summed E-state index contributed by atoms with van der Waals surface area (Å²) >= 11 is 0. The Bertz CT molecular complexity index is 607. The number of hydrogen-bond donors (Lipinski definition) is 3. The predicted molar refractivity (Wildman–Crippen MR) is 69.4 cm³/mol. The average Bonchev–Trinajstić information content (AvgIpc) is 2.36. The summed E-state index contributed by atoms with van der Waals surface area (Å²) in [6.45, 7) is 0. The molecule has 4 N–H and O–H groups in total. The third-order valence-electron chi connectivity index (χ3n) is 3.34. The van der Waals surface area contributed by atoms with Gasteiger partial charge in [0.15, 0.2) is 11.6 Å². The maximum Gasteiger partial charge on any atom is 0.244 e. The van der Waals surface area contributed by atoms with E-state index < -0.39 is 38.7 Å². The highest BCUT2D eigenvalue weighted by molar-refractivity contribution is 7.89. The highest BCUT2D eigenvalue weighted by Gasteiger charge is 2.30. The fourth-order valence-corrected chi connectivity index (χ4v) is 3.72.